The SMILES string of the molecule is CC(CNC1(CN)CCCC1S(C)(=O)=O)C1CC1. The van der Waals surface area contributed by atoms with Crippen LogP contribution in [0.5, 0.6) is 0 Å². The minimum absolute atomic E-state index is 0.304. The van der Waals surface area contributed by atoms with Crippen molar-refractivity contribution in [3.8, 4) is 0 Å². The third-order valence-corrected chi connectivity index (χ3v) is 6.51. The van der Waals surface area contributed by atoms with E-state index in [9.17, 15) is 8.42 Å². The summed E-state index contributed by atoms with van der Waals surface area (Å²) in [4.78, 5) is 0. The van der Waals surface area contributed by atoms with Crippen LogP contribution in [0.3, 0.4) is 0 Å². The summed E-state index contributed by atoms with van der Waals surface area (Å²) in [6, 6.07) is 0. The fraction of sp³-hybridized carbons (Fsp3) is 1.00. The molecule has 2 aliphatic rings. The second-order valence-electron chi connectivity index (χ2n) is 6.27. The third kappa shape index (κ3) is 2.89. The van der Waals surface area contributed by atoms with Gasteiger partial charge in [-0.25, -0.2) is 8.42 Å². The van der Waals surface area contributed by atoms with Crippen LogP contribution in [0.2, 0.25) is 0 Å². The van der Waals surface area contributed by atoms with Crippen molar-refractivity contribution in [3.63, 3.8) is 0 Å². The predicted octanol–water partition coefficient (Wildman–Crippen LogP) is 0.917. The average molecular weight is 274 g/mol. The number of hydrogen-bond donors (Lipinski definition) is 2. The molecule has 2 rings (SSSR count). The highest BCUT2D eigenvalue weighted by atomic mass is 32.2. The molecule has 0 radical (unpaired) electrons. The van der Waals surface area contributed by atoms with Gasteiger partial charge in [0.05, 0.1) is 5.25 Å². The third-order valence-electron chi connectivity index (χ3n) is 4.79. The van der Waals surface area contributed by atoms with E-state index in [-0.39, 0.29) is 10.8 Å². The minimum Gasteiger partial charge on any atom is -0.329 e. The van der Waals surface area contributed by atoms with Crippen molar-refractivity contribution in [2.24, 2.45) is 17.6 Å². The molecule has 0 bridgehead atoms. The lowest BCUT2D eigenvalue weighted by molar-refractivity contribution is 0.308. The molecule has 0 aromatic carbocycles. The Morgan fingerprint density at radius 2 is 2.06 bits per heavy atom. The smallest absolute Gasteiger partial charge is 0.152 e. The molecule has 106 valence electrons. The molecule has 0 aromatic heterocycles. The molecule has 2 aliphatic carbocycles. The van der Waals surface area contributed by atoms with Gasteiger partial charge in [0.2, 0.25) is 0 Å². The molecule has 3 atom stereocenters. The number of sulfone groups is 1. The lowest BCUT2D eigenvalue weighted by atomic mass is 9.95. The van der Waals surface area contributed by atoms with Gasteiger partial charge in [0.15, 0.2) is 9.84 Å². The molecule has 0 aromatic rings. The quantitative estimate of drug-likeness (QED) is 0.755. The largest absolute Gasteiger partial charge is 0.329 e. The fourth-order valence-electron chi connectivity index (χ4n) is 3.37. The van der Waals surface area contributed by atoms with Gasteiger partial charge < -0.3 is 11.1 Å². The Bertz CT molecular complexity index is 392. The summed E-state index contributed by atoms with van der Waals surface area (Å²) in [5, 5.41) is 3.21. The van der Waals surface area contributed by atoms with Crippen LogP contribution < -0.4 is 11.1 Å². The molecule has 2 saturated carbocycles. The second kappa shape index (κ2) is 5.10. The minimum atomic E-state index is -3.02. The second-order valence-corrected chi connectivity index (χ2v) is 8.49. The summed E-state index contributed by atoms with van der Waals surface area (Å²) < 4.78 is 23.8. The van der Waals surface area contributed by atoms with Crippen LogP contribution in [0.25, 0.3) is 0 Å². The number of nitrogens with two attached hydrogens (primary N) is 1. The Balaban J connectivity index is 2.04. The maximum Gasteiger partial charge on any atom is 0.152 e. The van der Waals surface area contributed by atoms with Crippen molar-refractivity contribution in [1.29, 1.82) is 0 Å². The van der Waals surface area contributed by atoms with Crippen LogP contribution in [0.4, 0.5) is 0 Å². The molecule has 0 amide bonds. The van der Waals surface area contributed by atoms with E-state index in [1.54, 1.807) is 0 Å². The maximum absolute atomic E-state index is 11.9. The molecule has 2 fully saturated rings. The Morgan fingerprint density at radius 1 is 1.39 bits per heavy atom. The van der Waals surface area contributed by atoms with Gasteiger partial charge in [0.25, 0.3) is 0 Å². The number of rotatable bonds is 6. The van der Waals surface area contributed by atoms with Crippen LogP contribution in [-0.4, -0.2) is 38.6 Å². The Hall–Kier alpha value is -0.130. The van der Waals surface area contributed by atoms with Gasteiger partial charge in [-0.3, -0.25) is 0 Å². The van der Waals surface area contributed by atoms with Crippen LogP contribution in [0.1, 0.15) is 39.0 Å². The molecule has 3 unspecified atom stereocenters. The average Bonchev–Trinajstić information content (AvgIpc) is 3.05. The van der Waals surface area contributed by atoms with Crippen molar-refractivity contribution >= 4 is 9.84 Å². The summed E-state index contributed by atoms with van der Waals surface area (Å²) in [5.74, 6) is 1.47. The zero-order valence-electron chi connectivity index (χ0n) is 11.5. The highest BCUT2D eigenvalue weighted by Crippen LogP contribution is 2.38. The van der Waals surface area contributed by atoms with Crippen LogP contribution >= 0.6 is 0 Å². The van der Waals surface area contributed by atoms with Gasteiger partial charge in [-0.05, 0) is 44.1 Å². The molecular formula is C13H26N2O2S. The zero-order valence-corrected chi connectivity index (χ0v) is 12.3. The Labute approximate surface area is 111 Å². The molecule has 4 nitrogen and oxygen atoms in total. The van der Waals surface area contributed by atoms with Crippen molar-refractivity contribution in [1.82, 2.24) is 5.32 Å². The van der Waals surface area contributed by atoms with Gasteiger partial charge in [-0.1, -0.05) is 13.3 Å². The van der Waals surface area contributed by atoms with Crippen LogP contribution in [-0.2, 0) is 9.84 Å². The van der Waals surface area contributed by atoms with E-state index in [2.05, 4.69) is 12.2 Å². The molecule has 18 heavy (non-hydrogen) atoms. The van der Waals surface area contributed by atoms with Gasteiger partial charge in [-0.15, -0.1) is 0 Å². The highest BCUT2D eigenvalue weighted by Gasteiger charge is 2.47. The molecule has 5 heteroatoms. The van der Waals surface area contributed by atoms with E-state index in [1.165, 1.54) is 19.1 Å². The van der Waals surface area contributed by atoms with Crippen molar-refractivity contribution < 1.29 is 8.42 Å². The zero-order chi connectivity index (χ0) is 13.4. The first-order chi connectivity index (χ1) is 8.39. The normalized spacial score (nSPS) is 34.7. The van der Waals surface area contributed by atoms with E-state index in [0.29, 0.717) is 12.5 Å². The fourth-order valence-corrected chi connectivity index (χ4v) is 5.08. The lowest BCUT2D eigenvalue weighted by Crippen LogP contribution is -2.59. The van der Waals surface area contributed by atoms with Gasteiger partial charge in [0, 0.05) is 18.3 Å². The molecular weight excluding hydrogens is 248 g/mol. The predicted molar refractivity (Wildman–Crippen MR) is 74.2 cm³/mol. The summed E-state index contributed by atoms with van der Waals surface area (Å²) in [6.07, 6.45) is 6.60. The van der Waals surface area contributed by atoms with Crippen molar-refractivity contribution in [2.75, 3.05) is 19.3 Å². The van der Waals surface area contributed by atoms with Gasteiger partial charge >= 0.3 is 0 Å². The molecule has 3 N–H and O–H groups in total. The molecule has 0 heterocycles. The van der Waals surface area contributed by atoms with E-state index in [1.807, 2.05) is 0 Å². The Kier molecular flexibility index (Phi) is 4.04. The van der Waals surface area contributed by atoms with Gasteiger partial charge in [-0.2, -0.15) is 0 Å². The summed E-state index contributed by atoms with van der Waals surface area (Å²) in [6.45, 7) is 3.56. The first-order valence-corrected chi connectivity index (χ1v) is 8.98. The van der Waals surface area contributed by atoms with Crippen molar-refractivity contribution in [2.45, 2.75) is 49.8 Å². The van der Waals surface area contributed by atoms with Crippen LogP contribution in [0, 0.1) is 11.8 Å². The first kappa shape index (κ1) is 14.3. The Morgan fingerprint density at radius 3 is 2.56 bits per heavy atom. The molecule has 0 spiro atoms. The maximum atomic E-state index is 11.9. The van der Waals surface area contributed by atoms with E-state index < -0.39 is 9.84 Å². The topological polar surface area (TPSA) is 72.2 Å². The van der Waals surface area contributed by atoms with E-state index in [0.717, 1.165) is 31.7 Å². The van der Waals surface area contributed by atoms with Gasteiger partial charge in [0.1, 0.15) is 0 Å². The van der Waals surface area contributed by atoms with E-state index >= 15 is 0 Å². The number of hydrogen-bond acceptors (Lipinski definition) is 4. The number of nitrogens with one attached hydrogen (secondary N) is 1. The van der Waals surface area contributed by atoms with E-state index in [4.69, 9.17) is 5.73 Å². The lowest BCUT2D eigenvalue weighted by Gasteiger charge is -2.35. The first-order valence-electron chi connectivity index (χ1n) is 7.03. The van der Waals surface area contributed by atoms with Crippen LogP contribution in [0.15, 0.2) is 0 Å². The summed E-state index contributed by atoms with van der Waals surface area (Å²) in [7, 11) is -3.02. The monoisotopic (exact) mass is 274 g/mol. The summed E-state index contributed by atoms with van der Waals surface area (Å²) in [5.41, 5.74) is 5.53. The molecule has 0 saturated heterocycles. The highest BCUT2D eigenvalue weighted by molar-refractivity contribution is 7.91. The molecule has 0 aliphatic heterocycles. The van der Waals surface area contributed by atoms with Crippen molar-refractivity contribution in [3.05, 3.63) is 0 Å². The summed E-state index contributed by atoms with van der Waals surface area (Å²) >= 11 is 0. The standard InChI is InChI=1S/C13H26N2O2S/c1-10(11-5-6-11)8-15-13(9-14)7-3-4-12(13)18(2,16)17/h10-12,15H,3-9,14H2,1-2H3.